The average Bonchev–Trinajstić information content (AvgIpc) is 3.22. The van der Waals surface area contributed by atoms with E-state index in [0.717, 1.165) is 24.8 Å². The van der Waals surface area contributed by atoms with Crippen LogP contribution in [0.3, 0.4) is 0 Å². The summed E-state index contributed by atoms with van der Waals surface area (Å²) in [5.41, 5.74) is 7.79. The van der Waals surface area contributed by atoms with Gasteiger partial charge in [-0.05, 0) is 48.7 Å². The van der Waals surface area contributed by atoms with Crippen LogP contribution in [0.2, 0.25) is 5.02 Å². The first-order valence-electron chi connectivity index (χ1n) is 10.4. The number of nitrogens with two attached hydrogens (primary N) is 1. The number of nitrogens with zero attached hydrogens (tertiary/aromatic N) is 2. The molecule has 8 nitrogen and oxygen atoms in total. The number of carbonyl (C=O) groups is 2. The standard InChI is InChI=1S/C23H23ClN6O2S/c24-15-4-1-3-14(11-15)23(8-2-9-23)21(32)30-22-27-13-19(29-22)18-6-5-16(12-26-18)28-20(31)17(25)7-10-33/h1,3-7,11-13,33H,2,8-10,25H2,(H,28,31)(H2,27,29,30,32)/b17-7-. The minimum atomic E-state index is -0.598. The number of benzene rings is 1. The van der Waals surface area contributed by atoms with E-state index >= 15 is 0 Å². The van der Waals surface area contributed by atoms with E-state index in [0.29, 0.717) is 33.8 Å². The Bertz CT molecular complexity index is 1200. The fourth-order valence-electron chi connectivity index (χ4n) is 3.73. The lowest BCUT2D eigenvalue weighted by molar-refractivity contribution is -0.124. The van der Waals surface area contributed by atoms with Gasteiger partial charge in [0, 0.05) is 10.8 Å². The normalized spacial score (nSPS) is 14.9. The van der Waals surface area contributed by atoms with Crippen molar-refractivity contribution < 1.29 is 9.59 Å². The van der Waals surface area contributed by atoms with Crippen LogP contribution in [-0.2, 0) is 15.0 Å². The number of carbonyl (C=O) groups excluding carboxylic acids is 2. The number of nitrogens with one attached hydrogen (secondary N) is 3. The van der Waals surface area contributed by atoms with Gasteiger partial charge in [0.15, 0.2) is 0 Å². The molecule has 0 bridgehead atoms. The molecule has 10 heteroatoms. The second-order valence-electron chi connectivity index (χ2n) is 7.77. The summed E-state index contributed by atoms with van der Waals surface area (Å²) in [5.74, 6) is 0.173. The number of imidazole rings is 1. The zero-order valence-electron chi connectivity index (χ0n) is 17.6. The Balaban J connectivity index is 1.44. The largest absolute Gasteiger partial charge is 0.395 e. The molecule has 1 aliphatic carbocycles. The summed E-state index contributed by atoms with van der Waals surface area (Å²) in [6.45, 7) is 0. The topological polar surface area (TPSA) is 126 Å². The lowest BCUT2D eigenvalue weighted by Gasteiger charge is -2.40. The van der Waals surface area contributed by atoms with Gasteiger partial charge in [-0.15, -0.1) is 0 Å². The van der Waals surface area contributed by atoms with Crippen LogP contribution in [0.4, 0.5) is 11.6 Å². The molecule has 3 aromatic rings. The Kier molecular flexibility index (Phi) is 6.71. The molecule has 0 spiro atoms. The van der Waals surface area contributed by atoms with Crippen LogP contribution in [-0.4, -0.2) is 32.5 Å². The van der Waals surface area contributed by atoms with Gasteiger partial charge in [-0.2, -0.15) is 12.6 Å². The minimum Gasteiger partial charge on any atom is -0.395 e. The summed E-state index contributed by atoms with van der Waals surface area (Å²) >= 11 is 10.2. The maximum Gasteiger partial charge on any atom is 0.271 e. The molecule has 0 radical (unpaired) electrons. The third-order valence-corrected chi connectivity index (χ3v) is 6.12. The summed E-state index contributed by atoms with van der Waals surface area (Å²) in [6.07, 6.45) is 7.12. The first-order chi connectivity index (χ1) is 15.9. The minimum absolute atomic E-state index is 0.0880. The van der Waals surface area contributed by atoms with E-state index in [1.807, 2.05) is 18.2 Å². The quantitative estimate of drug-likeness (QED) is 0.258. The molecule has 33 heavy (non-hydrogen) atoms. The number of aromatic amines is 1. The zero-order valence-corrected chi connectivity index (χ0v) is 19.3. The predicted molar refractivity (Wildman–Crippen MR) is 132 cm³/mol. The smallest absolute Gasteiger partial charge is 0.271 e. The van der Waals surface area contributed by atoms with Crippen molar-refractivity contribution in [3.8, 4) is 11.4 Å². The fraction of sp³-hybridized carbons (Fsp3) is 0.217. The summed E-state index contributed by atoms with van der Waals surface area (Å²) < 4.78 is 0. The predicted octanol–water partition coefficient (Wildman–Crippen LogP) is 3.90. The van der Waals surface area contributed by atoms with Crippen LogP contribution < -0.4 is 16.4 Å². The molecule has 2 amide bonds. The van der Waals surface area contributed by atoms with E-state index in [9.17, 15) is 9.59 Å². The van der Waals surface area contributed by atoms with Crippen LogP contribution in [0, 0.1) is 0 Å². The molecule has 1 aromatic carbocycles. The number of anilines is 2. The number of amides is 2. The number of pyridine rings is 1. The van der Waals surface area contributed by atoms with Gasteiger partial charge in [-0.3, -0.25) is 19.9 Å². The van der Waals surface area contributed by atoms with E-state index in [1.54, 1.807) is 24.4 Å². The Morgan fingerprint density at radius 1 is 1.18 bits per heavy atom. The van der Waals surface area contributed by atoms with Crippen molar-refractivity contribution in [2.45, 2.75) is 24.7 Å². The molecule has 0 unspecified atom stereocenters. The summed E-state index contributed by atoms with van der Waals surface area (Å²) in [7, 11) is 0. The third-order valence-electron chi connectivity index (χ3n) is 5.70. The molecular weight excluding hydrogens is 460 g/mol. The van der Waals surface area contributed by atoms with Crippen LogP contribution >= 0.6 is 24.2 Å². The molecular formula is C23H23ClN6O2S. The van der Waals surface area contributed by atoms with Crippen molar-refractivity contribution in [1.82, 2.24) is 15.0 Å². The summed E-state index contributed by atoms with van der Waals surface area (Å²) in [5, 5.41) is 6.17. The summed E-state index contributed by atoms with van der Waals surface area (Å²) in [4.78, 5) is 36.8. The second kappa shape index (κ2) is 9.68. The Morgan fingerprint density at radius 3 is 2.64 bits per heavy atom. The Morgan fingerprint density at radius 2 is 2.00 bits per heavy atom. The van der Waals surface area contributed by atoms with Crippen LogP contribution in [0.1, 0.15) is 24.8 Å². The molecule has 0 atom stereocenters. The Labute approximate surface area is 201 Å². The van der Waals surface area contributed by atoms with Gasteiger partial charge in [-0.1, -0.05) is 30.2 Å². The number of halogens is 1. The number of hydrogen-bond donors (Lipinski definition) is 5. The third kappa shape index (κ3) is 4.89. The van der Waals surface area contributed by atoms with Crippen LogP contribution in [0.5, 0.6) is 0 Å². The maximum absolute atomic E-state index is 13.1. The first kappa shape index (κ1) is 22.9. The van der Waals surface area contributed by atoms with Crippen molar-refractivity contribution in [3.63, 3.8) is 0 Å². The highest BCUT2D eigenvalue weighted by Gasteiger charge is 2.46. The lowest BCUT2D eigenvalue weighted by atomic mass is 9.64. The van der Waals surface area contributed by atoms with Crippen molar-refractivity contribution in [3.05, 3.63) is 71.2 Å². The lowest BCUT2D eigenvalue weighted by Crippen LogP contribution is -2.46. The van der Waals surface area contributed by atoms with Crippen molar-refractivity contribution in [1.29, 1.82) is 0 Å². The molecule has 1 fully saturated rings. The summed E-state index contributed by atoms with van der Waals surface area (Å²) in [6, 6.07) is 10.9. The number of aromatic nitrogens is 3. The number of H-pyrrole nitrogens is 1. The van der Waals surface area contributed by atoms with E-state index in [2.05, 4.69) is 38.2 Å². The SMILES string of the molecule is N/C(=C\CS)C(=O)Nc1ccc(-c2cnc(NC(=O)C3(c4cccc(Cl)c4)CCC3)[nH]2)nc1. The van der Waals surface area contributed by atoms with E-state index in [-0.39, 0.29) is 11.6 Å². The van der Waals surface area contributed by atoms with Gasteiger partial charge in [-0.25, -0.2) is 4.98 Å². The molecule has 2 aromatic heterocycles. The van der Waals surface area contributed by atoms with Gasteiger partial charge in [0.25, 0.3) is 5.91 Å². The molecule has 0 aliphatic heterocycles. The zero-order chi connectivity index (χ0) is 23.4. The van der Waals surface area contributed by atoms with Crippen LogP contribution in [0.15, 0.2) is 60.6 Å². The molecule has 2 heterocycles. The molecule has 4 rings (SSSR count). The van der Waals surface area contributed by atoms with E-state index in [4.69, 9.17) is 17.3 Å². The van der Waals surface area contributed by atoms with Gasteiger partial charge in [0.1, 0.15) is 0 Å². The molecule has 1 aliphatic rings. The number of hydrogen-bond acceptors (Lipinski definition) is 6. The van der Waals surface area contributed by atoms with Gasteiger partial charge in [0.2, 0.25) is 11.9 Å². The highest BCUT2D eigenvalue weighted by atomic mass is 35.5. The van der Waals surface area contributed by atoms with Gasteiger partial charge in [0.05, 0.1) is 40.6 Å². The molecule has 1 saturated carbocycles. The highest BCUT2D eigenvalue weighted by Crippen LogP contribution is 2.45. The molecule has 170 valence electrons. The number of rotatable bonds is 7. The van der Waals surface area contributed by atoms with Gasteiger partial charge >= 0.3 is 0 Å². The van der Waals surface area contributed by atoms with Crippen molar-refractivity contribution in [2.75, 3.05) is 16.4 Å². The van der Waals surface area contributed by atoms with Gasteiger partial charge < -0.3 is 16.0 Å². The Hall–Kier alpha value is -3.30. The first-order valence-corrected chi connectivity index (χ1v) is 11.4. The fourth-order valence-corrected chi connectivity index (χ4v) is 4.11. The number of thiol groups is 1. The van der Waals surface area contributed by atoms with Crippen molar-refractivity contribution >= 4 is 47.7 Å². The monoisotopic (exact) mass is 482 g/mol. The molecule has 0 saturated heterocycles. The highest BCUT2D eigenvalue weighted by molar-refractivity contribution is 7.80. The van der Waals surface area contributed by atoms with E-state index in [1.165, 1.54) is 12.3 Å². The second-order valence-corrected chi connectivity index (χ2v) is 8.58. The van der Waals surface area contributed by atoms with Crippen molar-refractivity contribution in [2.24, 2.45) is 5.73 Å². The average molecular weight is 483 g/mol. The molecule has 5 N–H and O–H groups in total. The van der Waals surface area contributed by atoms with E-state index < -0.39 is 11.3 Å². The van der Waals surface area contributed by atoms with Crippen LogP contribution in [0.25, 0.3) is 11.4 Å². The maximum atomic E-state index is 13.1.